The molecule has 1 rings (SSSR count). The van der Waals surface area contributed by atoms with Gasteiger partial charge in [-0.25, -0.2) is 4.39 Å². The summed E-state index contributed by atoms with van der Waals surface area (Å²) in [4.78, 5) is 0. The van der Waals surface area contributed by atoms with E-state index in [1.54, 1.807) is 6.07 Å². The number of hydrogen-bond donors (Lipinski definition) is 1. The number of nitriles is 1. The number of nitrogens with zero attached hydrogens (tertiary/aromatic N) is 1. The minimum atomic E-state index is -4.39. The van der Waals surface area contributed by atoms with Gasteiger partial charge in [0, 0.05) is 6.04 Å². The molecule has 0 radical (unpaired) electrons. The lowest BCUT2D eigenvalue weighted by atomic mass is 10.0. The highest BCUT2D eigenvalue weighted by Crippen LogP contribution is 2.28. The Labute approximate surface area is 89.3 Å². The Bertz CT molecular complexity index is 420. The predicted octanol–water partition coefficient (Wildman–Crippen LogP) is 2.65. The Kier molecular flexibility index (Phi) is 3.50. The first-order valence-corrected chi connectivity index (χ1v) is 4.35. The van der Waals surface area contributed by atoms with Gasteiger partial charge < -0.3 is 5.73 Å². The second kappa shape index (κ2) is 4.49. The Morgan fingerprint density at radius 3 is 2.50 bits per heavy atom. The van der Waals surface area contributed by atoms with E-state index < -0.39 is 24.5 Å². The SMILES string of the molecule is N#Cc1cc([C@H](N)CC(F)(F)F)ccc1F. The molecule has 2 nitrogen and oxygen atoms in total. The van der Waals surface area contributed by atoms with Gasteiger partial charge >= 0.3 is 6.18 Å². The first-order valence-electron chi connectivity index (χ1n) is 4.35. The number of rotatable bonds is 2. The molecule has 0 saturated carbocycles. The molecule has 16 heavy (non-hydrogen) atoms. The average Bonchev–Trinajstić information content (AvgIpc) is 2.15. The van der Waals surface area contributed by atoms with Crippen LogP contribution in [0.3, 0.4) is 0 Å². The second-order valence-electron chi connectivity index (χ2n) is 3.28. The average molecular weight is 232 g/mol. The van der Waals surface area contributed by atoms with Crippen LogP contribution in [0.2, 0.25) is 0 Å². The van der Waals surface area contributed by atoms with Crippen molar-refractivity contribution < 1.29 is 17.6 Å². The van der Waals surface area contributed by atoms with E-state index in [-0.39, 0.29) is 11.1 Å². The summed E-state index contributed by atoms with van der Waals surface area (Å²) in [6.07, 6.45) is -5.59. The molecule has 0 fully saturated rings. The molecule has 6 heteroatoms. The summed E-state index contributed by atoms with van der Waals surface area (Å²) in [5.41, 5.74) is 5.09. The molecule has 1 aromatic carbocycles. The lowest BCUT2D eigenvalue weighted by Crippen LogP contribution is -2.20. The van der Waals surface area contributed by atoms with E-state index >= 15 is 0 Å². The number of nitrogens with two attached hydrogens (primary N) is 1. The minimum Gasteiger partial charge on any atom is -0.324 e. The van der Waals surface area contributed by atoms with Crippen LogP contribution in [0.15, 0.2) is 18.2 Å². The van der Waals surface area contributed by atoms with Gasteiger partial charge in [-0.1, -0.05) is 6.07 Å². The molecule has 0 spiro atoms. The summed E-state index contributed by atoms with van der Waals surface area (Å²) >= 11 is 0. The number of halogens is 4. The molecule has 0 bridgehead atoms. The molecular weight excluding hydrogens is 224 g/mol. The summed E-state index contributed by atoms with van der Waals surface area (Å²) in [6, 6.07) is 3.37. The van der Waals surface area contributed by atoms with E-state index in [1.165, 1.54) is 0 Å². The summed E-state index contributed by atoms with van der Waals surface area (Å²) in [5.74, 6) is -0.773. The van der Waals surface area contributed by atoms with Crippen LogP contribution in [0.1, 0.15) is 23.6 Å². The van der Waals surface area contributed by atoms with E-state index in [9.17, 15) is 17.6 Å². The van der Waals surface area contributed by atoms with Crippen LogP contribution in [0.5, 0.6) is 0 Å². The van der Waals surface area contributed by atoms with Crippen LogP contribution in [-0.4, -0.2) is 6.18 Å². The monoisotopic (exact) mass is 232 g/mol. The molecule has 0 aromatic heterocycles. The van der Waals surface area contributed by atoms with Crippen molar-refractivity contribution in [1.82, 2.24) is 0 Å². The molecule has 0 unspecified atom stereocenters. The first-order chi connectivity index (χ1) is 7.33. The summed E-state index contributed by atoms with van der Waals surface area (Å²) < 4.78 is 49.0. The van der Waals surface area contributed by atoms with Crippen molar-refractivity contribution in [3.8, 4) is 6.07 Å². The van der Waals surface area contributed by atoms with Gasteiger partial charge in [-0.2, -0.15) is 18.4 Å². The predicted molar refractivity (Wildman–Crippen MR) is 48.7 cm³/mol. The Morgan fingerprint density at radius 2 is 2.00 bits per heavy atom. The Morgan fingerprint density at radius 1 is 1.38 bits per heavy atom. The zero-order chi connectivity index (χ0) is 12.3. The number of alkyl halides is 3. The van der Waals surface area contributed by atoms with Crippen molar-refractivity contribution in [2.75, 3.05) is 0 Å². The molecule has 0 saturated heterocycles. The molecule has 2 N–H and O–H groups in total. The van der Waals surface area contributed by atoms with Crippen molar-refractivity contribution in [3.63, 3.8) is 0 Å². The Hall–Kier alpha value is -1.61. The molecule has 0 heterocycles. The van der Waals surface area contributed by atoms with Gasteiger partial charge in [0.2, 0.25) is 0 Å². The van der Waals surface area contributed by atoms with Crippen molar-refractivity contribution >= 4 is 0 Å². The fourth-order valence-corrected chi connectivity index (χ4v) is 1.23. The van der Waals surface area contributed by atoms with Gasteiger partial charge in [0.05, 0.1) is 12.0 Å². The molecule has 0 aliphatic heterocycles. The van der Waals surface area contributed by atoms with Gasteiger partial charge in [0.15, 0.2) is 0 Å². The van der Waals surface area contributed by atoms with Crippen LogP contribution >= 0.6 is 0 Å². The maximum Gasteiger partial charge on any atom is 0.390 e. The van der Waals surface area contributed by atoms with E-state index in [4.69, 9.17) is 11.0 Å². The quantitative estimate of drug-likeness (QED) is 0.797. The summed E-state index contributed by atoms with van der Waals surface area (Å²) in [7, 11) is 0. The van der Waals surface area contributed by atoms with Gasteiger partial charge in [-0.05, 0) is 17.7 Å². The van der Waals surface area contributed by atoms with Crippen LogP contribution in [0.25, 0.3) is 0 Å². The zero-order valence-corrected chi connectivity index (χ0v) is 8.05. The normalized spacial score (nSPS) is 13.2. The molecule has 86 valence electrons. The third-order valence-electron chi connectivity index (χ3n) is 1.99. The van der Waals surface area contributed by atoms with Crippen LogP contribution < -0.4 is 5.73 Å². The lowest BCUT2D eigenvalue weighted by Gasteiger charge is -2.14. The number of benzene rings is 1. The van der Waals surface area contributed by atoms with E-state index in [0.29, 0.717) is 0 Å². The number of hydrogen-bond acceptors (Lipinski definition) is 2. The summed E-state index contributed by atoms with van der Waals surface area (Å²) in [5, 5.41) is 8.50. The van der Waals surface area contributed by atoms with E-state index in [0.717, 1.165) is 18.2 Å². The fourth-order valence-electron chi connectivity index (χ4n) is 1.23. The van der Waals surface area contributed by atoms with Crippen LogP contribution in [0.4, 0.5) is 17.6 Å². The summed E-state index contributed by atoms with van der Waals surface area (Å²) in [6.45, 7) is 0. The molecule has 1 atom stereocenters. The maximum atomic E-state index is 12.9. The van der Waals surface area contributed by atoms with Gasteiger partial charge in [0.25, 0.3) is 0 Å². The maximum absolute atomic E-state index is 12.9. The van der Waals surface area contributed by atoms with Crippen LogP contribution in [0, 0.1) is 17.1 Å². The third kappa shape index (κ3) is 3.21. The molecule has 0 amide bonds. The lowest BCUT2D eigenvalue weighted by molar-refractivity contribution is -0.138. The molecule has 0 aliphatic carbocycles. The highest BCUT2D eigenvalue weighted by Gasteiger charge is 2.31. The molecule has 1 aromatic rings. The standard InChI is InChI=1S/C10H8F4N2/c11-8-2-1-6(3-7(8)5-15)9(16)4-10(12,13)14/h1-3,9H,4,16H2/t9-/m1/s1. The first kappa shape index (κ1) is 12.5. The van der Waals surface area contributed by atoms with Crippen molar-refractivity contribution in [2.45, 2.75) is 18.6 Å². The largest absolute Gasteiger partial charge is 0.390 e. The van der Waals surface area contributed by atoms with Crippen molar-refractivity contribution in [2.24, 2.45) is 5.73 Å². The smallest absolute Gasteiger partial charge is 0.324 e. The third-order valence-corrected chi connectivity index (χ3v) is 1.99. The minimum absolute atomic E-state index is 0.0928. The Balaban J connectivity index is 2.93. The van der Waals surface area contributed by atoms with Gasteiger partial charge in [-0.15, -0.1) is 0 Å². The van der Waals surface area contributed by atoms with E-state index in [2.05, 4.69) is 0 Å². The van der Waals surface area contributed by atoms with E-state index in [1.807, 2.05) is 0 Å². The fraction of sp³-hybridized carbons (Fsp3) is 0.300. The second-order valence-corrected chi connectivity index (χ2v) is 3.28. The molecular formula is C10H8F4N2. The highest BCUT2D eigenvalue weighted by atomic mass is 19.4. The van der Waals surface area contributed by atoms with Crippen molar-refractivity contribution in [3.05, 3.63) is 35.1 Å². The highest BCUT2D eigenvalue weighted by molar-refractivity contribution is 5.35. The van der Waals surface area contributed by atoms with Gasteiger partial charge in [0.1, 0.15) is 11.9 Å². The molecule has 0 aliphatic rings. The zero-order valence-electron chi connectivity index (χ0n) is 8.05. The van der Waals surface area contributed by atoms with Crippen LogP contribution in [-0.2, 0) is 0 Å². The van der Waals surface area contributed by atoms with Crippen molar-refractivity contribution in [1.29, 1.82) is 5.26 Å². The van der Waals surface area contributed by atoms with Gasteiger partial charge in [-0.3, -0.25) is 0 Å². The topological polar surface area (TPSA) is 49.8 Å².